The normalized spacial score (nSPS) is 10.9. The Hall–Kier alpha value is -3.92. The molecule has 2 N–H and O–H groups in total. The summed E-state index contributed by atoms with van der Waals surface area (Å²) in [4.78, 5) is 39.3. The van der Waals surface area contributed by atoms with Crippen molar-refractivity contribution in [3.63, 3.8) is 0 Å². The van der Waals surface area contributed by atoms with Crippen LogP contribution >= 0.6 is 11.6 Å². The van der Waals surface area contributed by atoms with E-state index in [1.807, 2.05) is 30.3 Å². The zero-order valence-corrected chi connectivity index (χ0v) is 18.1. The summed E-state index contributed by atoms with van der Waals surface area (Å²) in [6.45, 7) is -1.24. The number of aromatic nitrogens is 1. The topological polar surface area (TPSA) is 97.4 Å². The van der Waals surface area contributed by atoms with Gasteiger partial charge < -0.3 is 15.4 Å². The van der Waals surface area contributed by atoms with E-state index in [0.717, 1.165) is 11.1 Å². The van der Waals surface area contributed by atoms with Crippen LogP contribution < -0.4 is 10.6 Å². The van der Waals surface area contributed by atoms with Gasteiger partial charge in [-0.15, -0.1) is 0 Å². The van der Waals surface area contributed by atoms with Crippen molar-refractivity contribution < 1.29 is 32.3 Å². The first-order valence-corrected chi connectivity index (χ1v) is 10.1. The molecule has 0 saturated carbocycles. The van der Waals surface area contributed by atoms with E-state index in [1.165, 1.54) is 0 Å². The van der Waals surface area contributed by atoms with Gasteiger partial charge >= 0.3 is 12.1 Å². The highest BCUT2D eigenvalue weighted by Crippen LogP contribution is 2.32. The van der Waals surface area contributed by atoms with Crippen LogP contribution in [0.4, 0.5) is 19.0 Å². The Labute approximate surface area is 196 Å². The van der Waals surface area contributed by atoms with E-state index < -0.39 is 47.7 Å². The first-order chi connectivity index (χ1) is 16.1. The highest BCUT2D eigenvalue weighted by Gasteiger charge is 2.31. The van der Waals surface area contributed by atoms with Gasteiger partial charge in [0.05, 0.1) is 10.6 Å². The summed E-state index contributed by atoms with van der Waals surface area (Å²) in [6, 6.07) is 16.9. The number of rotatable bonds is 7. The Morgan fingerprint density at radius 2 is 1.62 bits per heavy atom. The lowest BCUT2D eigenvalue weighted by molar-refractivity contribution is -0.146. The van der Waals surface area contributed by atoms with Gasteiger partial charge in [0.2, 0.25) is 0 Å². The first kappa shape index (κ1) is 24.7. The van der Waals surface area contributed by atoms with Gasteiger partial charge in [-0.1, -0.05) is 54.1 Å². The number of hydrogen-bond donors (Lipinski definition) is 2. The number of carbonyl (C=O) groups excluding carboxylic acids is 3. The monoisotopic (exact) mass is 491 g/mol. The third-order valence-electron chi connectivity index (χ3n) is 4.44. The van der Waals surface area contributed by atoms with Crippen LogP contribution in [0.3, 0.4) is 0 Å². The fourth-order valence-electron chi connectivity index (χ4n) is 2.75. The van der Waals surface area contributed by atoms with Gasteiger partial charge in [0.25, 0.3) is 11.8 Å². The van der Waals surface area contributed by atoms with E-state index in [1.54, 1.807) is 24.3 Å². The third-order valence-corrected chi connectivity index (χ3v) is 4.73. The maximum Gasteiger partial charge on any atom is 0.417 e. The van der Waals surface area contributed by atoms with Crippen LogP contribution in [-0.2, 0) is 20.5 Å². The van der Waals surface area contributed by atoms with Gasteiger partial charge in [-0.3, -0.25) is 14.4 Å². The molecule has 0 radical (unpaired) electrons. The lowest BCUT2D eigenvalue weighted by Crippen LogP contribution is -2.32. The van der Waals surface area contributed by atoms with Crippen molar-refractivity contribution in [2.75, 3.05) is 18.5 Å². The molecule has 0 aliphatic rings. The minimum atomic E-state index is -4.64. The molecule has 2 amide bonds. The number of hydrogen-bond acceptors (Lipinski definition) is 5. The number of ether oxygens (including phenoxy) is 1. The molecule has 1 aromatic heterocycles. The fraction of sp³-hybridized carbons (Fsp3) is 0.130. The quantitative estimate of drug-likeness (QED) is 0.479. The average molecular weight is 492 g/mol. The van der Waals surface area contributed by atoms with Gasteiger partial charge in [-0.25, -0.2) is 4.98 Å². The lowest BCUT2D eigenvalue weighted by Gasteiger charge is -2.10. The number of esters is 1. The minimum absolute atomic E-state index is 0.317. The molecule has 0 saturated heterocycles. The number of carbonyl (C=O) groups is 3. The smallest absolute Gasteiger partial charge is 0.417 e. The van der Waals surface area contributed by atoms with E-state index in [0.29, 0.717) is 17.8 Å². The number of anilines is 1. The largest absolute Gasteiger partial charge is 0.454 e. The zero-order valence-electron chi connectivity index (χ0n) is 17.4. The van der Waals surface area contributed by atoms with E-state index in [4.69, 9.17) is 16.3 Å². The molecule has 7 nitrogen and oxygen atoms in total. The molecule has 3 aromatic rings. The number of pyridine rings is 1. The maximum absolute atomic E-state index is 12.6. The molecule has 3 rings (SSSR count). The van der Waals surface area contributed by atoms with Crippen LogP contribution in [0, 0.1) is 0 Å². The maximum atomic E-state index is 12.6. The second kappa shape index (κ2) is 10.8. The third kappa shape index (κ3) is 6.79. The van der Waals surface area contributed by atoms with Crippen LogP contribution in [0.25, 0.3) is 11.1 Å². The Morgan fingerprint density at radius 3 is 2.24 bits per heavy atom. The summed E-state index contributed by atoms with van der Waals surface area (Å²) in [5.74, 6) is -2.59. The van der Waals surface area contributed by atoms with Crippen molar-refractivity contribution in [2.45, 2.75) is 6.18 Å². The van der Waals surface area contributed by atoms with Crippen molar-refractivity contribution in [1.29, 1.82) is 0 Å². The van der Waals surface area contributed by atoms with Crippen LogP contribution in [-0.4, -0.2) is 35.9 Å². The number of alkyl halides is 3. The van der Waals surface area contributed by atoms with Crippen molar-refractivity contribution >= 4 is 35.2 Å². The van der Waals surface area contributed by atoms with E-state index in [9.17, 15) is 27.6 Å². The molecular weight excluding hydrogens is 475 g/mol. The summed E-state index contributed by atoms with van der Waals surface area (Å²) in [5, 5.41) is 4.08. The Morgan fingerprint density at radius 1 is 0.971 bits per heavy atom. The van der Waals surface area contributed by atoms with Crippen molar-refractivity contribution in [3.8, 4) is 11.1 Å². The standard InChI is InChI=1S/C23H17ClF3N3O4/c24-18-10-17(23(25,26)27)11-28-21(18)30-19(31)13-34-20(32)12-29-22(33)16-8-6-15(7-9-16)14-4-2-1-3-5-14/h1-11H,12-13H2,(H,29,33)(H,28,30,31). The molecule has 11 heteroatoms. The molecule has 0 aliphatic carbocycles. The molecule has 2 aromatic carbocycles. The summed E-state index contributed by atoms with van der Waals surface area (Å²) >= 11 is 5.70. The molecule has 0 atom stereocenters. The summed E-state index contributed by atoms with van der Waals surface area (Å²) < 4.78 is 42.6. The molecule has 34 heavy (non-hydrogen) atoms. The highest BCUT2D eigenvalue weighted by molar-refractivity contribution is 6.33. The molecule has 176 valence electrons. The van der Waals surface area contributed by atoms with Gasteiger partial charge in [0.1, 0.15) is 6.54 Å². The summed E-state index contributed by atoms with van der Waals surface area (Å²) in [7, 11) is 0. The SMILES string of the molecule is O=C(COC(=O)CNC(=O)c1ccc(-c2ccccc2)cc1)Nc1ncc(C(F)(F)F)cc1Cl. The molecule has 1 heterocycles. The minimum Gasteiger partial charge on any atom is -0.454 e. The van der Waals surface area contributed by atoms with Crippen molar-refractivity contribution in [2.24, 2.45) is 0 Å². The molecule has 0 fully saturated rings. The van der Waals surface area contributed by atoms with Gasteiger partial charge in [-0.05, 0) is 29.3 Å². The highest BCUT2D eigenvalue weighted by atomic mass is 35.5. The zero-order chi connectivity index (χ0) is 24.7. The summed E-state index contributed by atoms with van der Waals surface area (Å²) in [5.41, 5.74) is 1.16. The molecule has 0 aliphatic heterocycles. The number of halogens is 4. The average Bonchev–Trinajstić information content (AvgIpc) is 2.82. The second-order valence-corrected chi connectivity index (χ2v) is 7.29. The molecule has 0 spiro atoms. The first-order valence-electron chi connectivity index (χ1n) is 9.75. The van der Waals surface area contributed by atoms with Crippen molar-refractivity contribution in [1.82, 2.24) is 10.3 Å². The molecule has 0 bridgehead atoms. The van der Waals surface area contributed by atoms with E-state index in [-0.39, 0.29) is 5.82 Å². The van der Waals surface area contributed by atoms with Gasteiger partial charge in [0.15, 0.2) is 12.4 Å². The second-order valence-electron chi connectivity index (χ2n) is 6.89. The number of nitrogens with zero attached hydrogens (tertiary/aromatic N) is 1. The Bertz CT molecular complexity index is 1190. The van der Waals surface area contributed by atoms with Crippen molar-refractivity contribution in [3.05, 3.63) is 83.0 Å². The summed E-state index contributed by atoms with van der Waals surface area (Å²) in [6.07, 6.45) is -4.13. The number of nitrogens with one attached hydrogen (secondary N) is 2. The van der Waals surface area contributed by atoms with Crippen LogP contribution in [0.1, 0.15) is 15.9 Å². The molecule has 0 unspecified atom stereocenters. The lowest BCUT2D eigenvalue weighted by atomic mass is 10.0. The van der Waals surface area contributed by atoms with Gasteiger partial charge in [-0.2, -0.15) is 13.2 Å². The Balaban J connectivity index is 1.44. The van der Waals surface area contributed by atoms with Gasteiger partial charge in [0, 0.05) is 11.8 Å². The van der Waals surface area contributed by atoms with E-state index >= 15 is 0 Å². The van der Waals surface area contributed by atoms with Crippen LogP contribution in [0.2, 0.25) is 5.02 Å². The predicted octanol–water partition coefficient (Wildman–Crippen LogP) is 4.33. The van der Waals surface area contributed by atoms with Crippen LogP contribution in [0.5, 0.6) is 0 Å². The molecular formula is C23H17ClF3N3O4. The van der Waals surface area contributed by atoms with E-state index in [2.05, 4.69) is 15.6 Å². The predicted molar refractivity (Wildman–Crippen MR) is 118 cm³/mol. The number of amides is 2. The van der Waals surface area contributed by atoms with Crippen LogP contribution in [0.15, 0.2) is 66.9 Å². The Kier molecular flexibility index (Phi) is 7.85. The number of benzene rings is 2. The fourth-order valence-corrected chi connectivity index (χ4v) is 2.96.